The normalized spacial score (nSPS) is 11.1. The first-order valence-corrected chi connectivity index (χ1v) is 11.6. The molecule has 0 aliphatic carbocycles. The van der Waals surface area contributed by atoms with Gasteiger partial charge < -0.3 is 10.6 Å². The number of nitrogens with zero attached hydrogens (tertiary/aromatic N) is 2. The van der Waals surface area contributed by atoms with Crippen LogP contribution in [0.3, 0.4) is 0 Å². The number of aromatic nitrogens is 2. The van der Waals surface area contributed by atoms with Gasteiger partial charge >= 0.3 is 5.69 Å². The van der Waals surface area contributed by atoms with Crippen LogP contribution in [0.1, 0.15) is 59.3 Å². The minimum absolute atomic E-state index is 0.0160. The van der Waals surface area contributed by atoms with Crippen molar-refractivity contribution in [1.82, 2.24) is 19.8 Å². The minimum atomic E-state index is -0.499. The van der Waals surface area contributed by atoms with E-state index in [0.717, 1.165) is 19.3 Å². The lowest BCUT2D eigenvalue weighted by atomic mass is 10.1. The molecular weight excluding hydrogens is 408 g/mol. The van der Waals surface area contributed by atoms with Gasteiger partial charge in [-0.3, -0.25) is 23.5 Å². The van der Waals surface area contributed by atoms with Crippen LogP contribution in [0.5, 0.6) is 0 Å². The molecular formula is C24H36N4O4. The monoisotopic (exact) mass is 444 g/mol. The third kappa shape index (κ3) is 7.35. The number of nitrogens with one attached hydrogen (secondary N) is 2. The van der Waals surface area contributed by atoms with E-state index in [4.69, 9.17) is 0 Å². The van der Waals surface area contributed by atoms with Gasteiger partial charge in [-0.05, 0) is 43.7 Å². The number of para-hydroxylation sites is 1. The molecule has 0 saturated heterocycles. The summed E-state index contributed by atoms with van der Waals surface area (Å²) < 4.78 is 2.54. The molecule has 0 saturated carbocycles. The SMILES string of the molecule is CCCCNC(=O)Cn1c(=O)n(CCCCC(=O)NCCC(C)C)c(=O)c2ccccc21. The molecule has 2 amide bonds. The Labute approximate surface area is 189 Å². The summed E-state index contributed by atoms with van der Waals surface area (Å²) in [6.07, 6.45) is 4.21. The van der Waals surface area contributed by atoms with Gasteiger partial charge in [0.2, 0.25) is 11.8 Å². The van der Waals surface area contributed by atoms with Crippen LogP contribution in [0.25, 0.3) is 10.9 Å². The maximum atomic E-state index is 13.1. The van der Waals surface area contributed by atoms with E-state index in [1.165, 1.54) is 9.13 Å². The van der Waals surface area contributed by atoms with Crippen LogP contribution >= 0.6 is 0 Å². The van der Waals surface area contributed by atoms with Crippen molar-refractivity contribution >= 4 is 22.7 Å². The molecule has 1 heterocycles. The van der Waals surface area contributed by atoms with Crippen molar-refractivity contribution in [2.45, 2.75) is 72.4 Å². The molecule has 0 aliphatic heterocycles. The quantitative estimate of drug-likeness (QED) is 0.463. The van der Waals surface area contributed by atoms with Crippen molar-refractivity contribution in [3.8, 4) is 0 Å². The topological polar surface area (TPSA) is 102 Å². The highest BCUT2D eigenvalue weighted by atomic mass is 16.2. The summed E-state index contributed by atoms with van der Waals surface area (Å²) in [5.74, 6) is 0.262. The Kier molecular flexibility index (Phi) is 10.2. The largest absolute Gasteiger partial charge is 0.356 e. The van der Waals surface area contributed by atoms with Gasteiger partial charge in [0.1, 0.15) is 6.54 Å². The third-order valence-corrected chi connectivity index (χ3v) is 5.37. The van der Waals surface area contributed by atoms with Gasteiger partial charge in [-0.1, -0.05) is 39.3 Å². The van der Waals surface area contributed by atoms with E-state index in [1.807, 2.05) is 6.92 Å². The molecule has 0 unspecified atom stereocenters. The van der Waals surface area contributed by atoms with E-state index in [2.05, 4.69) is 24.5 Å². The first-order chi connectivity index (χ1) is 15.3. The van der Waals surface area contributed by atoms with E-state index >= 15 is 0 Å². The zero-order valence-corrected chi connectivity index (χ0v) is 19.5. The molecule has 0 spiro atoms. The Morgan fingerprint density at radius 3 is 2.38 bits per heavy atom. The molecule has 1 aromatic heterocycles. The summed E-state index contributed by atoms with van der Waals surface area (Å²) in [6, 6.07) is 6.84. The van der Waals surface area contributed by atoms with Gasteiger partial charge in [-0.25, -0.2) is 4.79 Å². The number of amides is 2. The summed E-state index contributed by atoms with van der Waals surface area (Å²) in [6.45, 7) is 7.53. The molecule has 2 aromatic rings. The van der Waals surface area contributed by atoms with Crippen LogP contribution in [0, 0.1) is 5.92 Å². The predicted molar refractivity (Wildman–Crippen MR) is 127 cm³/mol. The number of benzene rings is 1. The summed E-state index contributed by atoms with van der Waals surface area (Å²) in [4.78, 5) is 50.2. The van der Waals surface area contributed by atoms with Crippen molar-refractivity contribution < 1.29 is 9.59 Å². The van der Waals surface area contributed by atoms with Crippen LogP contribution < -0.4 is 21.9 Å². The first kappa shape index (κ1) is 25.4. The first-order valence-electron chi connectivity index (χ1n) is 11.6. The van der Waals surface area contributed by atoms with Crippen molar-refractivity contribution in [2.75, 3.05) is 13.1 Å². The molecule has 8 nitrogen and oxygen atoms in total. The smallest absolute Gasteiger partial charge is 0.331 e. The lowest BCUT2D eigenvalue weighted by molar-refractivity contribution is -0.122. The van der Waals surface area contributed by atoms with E-state index in [0.29, 0.717) is 49.2 Å². The third-order valence-electron chi connectivity index (χ3n) is 5.37. The molecule has 32 heavy (non-hydrogen) atoms. The van der Waals surface area contributed by atoms with Gasteiger partial charge in [-0.2, -0.15) is 0 Å². The summed E-state index contributed by atoms with van der Waals surface area (Å²) >= 11 is 0. The molecule has 0 fully saturated rings. The van der Waals surface area contributed by atoms with Crippen molar-refractivity contribution in [3.05, 3.63) is 45.1 Å². The number of rotatable bonds is 13. The molecule has 0 radical (unpaired) electrons. The highest BCUT2D eigenvalue weighted by molar-refractivity contribution is 5.81. The predicted octanol–water partition coefficient (Wildman–Crippen LogP) is 2.41. The summed E-state index contributed by atoms with van der Waals surface area (Å²) in [5, 5.41) is 6.11. The summed E-state index contributed by atoms with van der Waals surface area (Å²) in [5.41, 5.74) is -0.413. The number of carbonyl (C=O) groups is 2. The zero-order chi connectivity index (χ0) is 23.5. The van der Waals surface area contributed by atoms with Crippen molar-refractivity contribution in [3.63, 3.8) is 0 Å². The van der Waals surface area contributed by atoms with Crippen molar-refractivity contribution in [1.29, 1.82) is 0 Å². The Morgan fingerprint density at radius 1 is 0.938 bits per heavy atom. The fourth-order valence-corrected chi connectivity index (χ4v) is 3.47. The fourth-order valence-electron chi connectivity index (χ4n) is 3.47. The molecule has 0 atom stereocenters. The number of unbranched alkanes of at least 4 members (excludes halogenated alkanes) is 2. The second kappa shape index (κ2) is 12.8. The highest BCUT2D eigenvalue weighted by Crippen LogP contribution is 2.08. The van der Waals surface area contributed by atoms with Crippen LogP contribution in [-0.2, 0) is 22.7 Å². The maximum absolute atomic E-state index is 13.1. The fraction of sp³-hybridized carbons (Fsp3) is 0.583. The molecule has 0 aliphatic rings. The molecule has 2 rings (SSSR count). The number of hydrogen-bond acceptors (Lipinski definition) is 4. The lowest BCUT2D eigenvalue weighted by Gasteiger charge is -2.14. The van der Waals surface area contributed by atoms with E-state index in [1.54, 1.807) is 24.3 Å². The summed E-state index contributed by atoms with van der Waals surface area (Å²) in [7, 11) is 0. The Balaban J connectivity index is 2.10. The van der Waals surface area contributed by atoms with Crippen LogP contribution in [0.2, 0.25) is 0 Å². The van der Waals surface area contributed by atoms with E-state index < -0.39 is 5.69 Å². The van der Waals surface area contributed by atoms with Gasteiger partial charge in [0.05, 0.1) is 10.9 Å². The van der Waals surface area contributed by atoms with Crippen LogP contribution in [0.15, 0.2) is 33.9 Å². The van der Waals surface area contributed by atoms with Crippen LogP contribution in [0.4, 0.5) is 0 Å². The van der Waals surface area contributed by atoms with Crippen molar-refractivity contribution in [2.24, 2.45) is 5.92 Å². The maximum Gasteiger partial charge on any atom is 0.331 e. The standard InChI is InChI=1S/C24H36N4O4/c1-4-5-14-25-22(30)17-28-20-11-7-6-10-19(20)23(31)27(24(28)32)16-9-8-12-21(29)26-15-13-18(2)3/h6-7,10-11,18H,4-5,8-9,12-17H2,1-3H3,(H,25,30)(H,26,29). The van der Waals surface area contributed by atoms with Gasteiger partial charge in [0, 0.05) is 26.1 Å². The number of fused-ring (bicyclic) bond motifs is 1. The lowest BCUT2D eigenvalue weighted by Crippen LogP contribution is -2.42. The average Bonchev–Trinajstić information content (AvgIpc) is 2.76. The Hall–Kier alpha value is -2.90. The molecule has 8 heteroatoms. The second-order valence-corrected chi connectivity index (χ2v) is 8.54. The van der Waals surface area contributed by atoms with E-state index in [9.17, 15) is 19.2 Å². The second-order valence-electron chi connectivity index (χ2n) is 8.54. The Bertz CT molecular complexity index is 1020. The Morgan fingerprint density at radius 2 is 1.66 bits per heavy atom. The zero-order valence-electron chi connectivity index (χ0n) is 19.5. The van der Waals surface area contributed by atoms with E-state index in [-0.39, 0.29) is 30.5 Å². The van der Waals surface area contributed by atoms with Gasteiger partial charge in [0.15, 0.2) is 0 Å². The van der Waals surface area contributed by atoms with Gasteiger partial charge in [0.25, 0.3) is 5.56 Å². The molecule has 0 bridgehead atoms. The number of hydrogen-bond donors (Lipinski definition) is 2. The highest BCUT2D eigenvalue weighted by Gasteiger charge is 2.15. The number of carbonyl (C=O) groups excluding carboxylic acids is 2. The van der Waals surface area contributed by atoms with Gasteiger partial charge in [-0.15, -0.1) is 0 Å². The molecule has 2 N–H and O–H groups in total. The minimum Gasteiger partial charge on any atom is -0.356 e. The molecule has 1 aromatic carbocycles. The molecule has 176 valence electrons. The average molecular weight is 445 g/mol. The van der Waals surface area contributed by atoms with Crippen LogP contribution in [-0.4, -0.2) is 34.0 Å².